The maximum absolute atomic E-state index is 6.31. The summed E-state index contributed by atoms with van der Waals surface area (Å²) in [6, 6.07) is 26.8. The molecule has 0 aliphatic carbocycles. The molecule has 5 aromatic rings. The van der Waals surface area contributed by atoms with Crippen LogP contribution in [-0.2, 0) is 0 Å². The molecule has 0 saturated carbocycles. The van der Waals surface area contributed by atoms with Crippen molar-refractivity contribution in [2.75, 3.05) is 31.8 Å². The highest BCUT2D eigenvalue weighted by Crippen LogP contribution is 2.36. The zero-order valence-corrected chi connectivity index (χ0v) is 19.4. The molecular weight excluding hydrogens is 422 g/mol. The van der Waals surface area contributed by atoms with Gasteiger partial charge in [0.05, 0.1) is 18.2 Å². The van der Waals surface area contributed by atoms with Gasteiger partial charge in [0, 0.05) is 25.3 Å². The van der Waals surface area contributed by atoms with Crippen LogP contribution in [0.5, 0.6) is 5.75 Å². The van der Waals surface area contributed by atoms with E-state index in [0.717, 1.165) is 50.3 Å². The summed E-state index contributed by atoms with van der Waals surface area (Å²) in [7, 11) is 5.72. The maximum atomic E-state index is 6.31. The minimum absolute atomic E-state index is 0.411. The van der Waals surface area contributed by atoms with Crippen LogP contribution >= 0.6 is 0 Å². The van der Waals surface area contributed by atoms with Crippen molar-refractivity contribution in [1.29, 1.82) is 0 Å². The normalized spacial score (nSPS) is 10.9. The van der Waals surface area contributed by atoms with Gasteiger partial charge in [0.1, 0.15) is 17.9 Å². The molecule has 2 heterocycles. The highest BCUT2D eigenvalue weighted by Gasteiger charge is 2.14. The van der Waals surface area contributed by atoms with Crippen molar-refractivity contribution in [2.45, 2.75) is 0 Å². The molecule has 0 aliphatic rings. The number of pyridine rings is 1. The van der Waals surface area contributed by atoms with Gasteiger partial charge in [-0.2, -0.15) is 0 Å². The fourth-order valence-corrected chi connectivity index (χ4v) is 4.06. The second-order valence-corrected chi connectivity index (χ2v) is 8.27. The molecule has 0 atom stereocenters. The quantitative estimate of drug-likeness (QED) is 0.373. The molecule has 5 rings (SSSR count). The Balaban J connectivity index is 1.68. The lowest BCUT2D eigenvalue weighted by Gasteiger charge is -2.14. The molecule has 3 aromatic carbocycles. The molecule has 0 spiro atoms. The second-order valence-electron chi connectivity index (χ2n) is 8.27. The van der Waals surface area contributed by atoms with Crippen LogP contribution in [0.3, 0.4) is 0 Å². The number of hydrogen-bond donors (Lipinski definition) is 1. The van der Waals surface area contributed by atoms with Crippen molar-refractivity contribution in [2.24, 2.45) is 0 Å². The first-order chi connectivity index (χ1) is 16.5. The van der Waals surface area contributed by atoms with E-state index in [9.17, 15) is 0 Å². The zero-order chi connectivity index (χ0) is 23.7. The Morgan fingerprint density at radius 2 is 1.47 bits per heavy atom. The number of nitrogen functional groups attached to an aromatic ring is 1. The van der Waals surface area contributed by atoms with Gasteiger partial charge in [-0.25, -0.2) is 15.0 Å². The molecule has 0 unspecified atom stereocenters. The standard InChI is InChI=1S/C28H25N5O/c1-33(2)22-12-10-18(11-13-22)25-16-24(26-27(29)30-17-31-28(26)32-25)21-8-4-6-19(14-21)20-7-5-9-23(15-20)34-3/h4-17H,1-3H3,(H2,29,30,31,32). The fourth-order valence-electron chi connectivity index (χ4n) is 4.06. The first-order valence-electron chi connectivity index (χ1n) is 11.0. The molecular formula is C28H25N5O. The highest BCUT2D eigenvalue weighted by atomic mass is 16.5. The van der Waals surface area contributed by atoms with Crippen LogP contribution in [0.25, 0.3) is 44.5 Å². The summed E-state index contributed by atoms with van der Waals surface area (Å²) in [6.45, 7) is 0. The lowest BCUT2D eigenvalue weighted by atomic mass is 9.96. The molecule has 0 aliphatic heterocycles. The van der Waals surface area contributed by atoms with Gasteiger partial charge < -0.3 is 15.4 Å². The van der Waals surface area contributed by atoms with Gasteiger partial charge in [-0.1, -0.05) is 42.5 Å². The molecule has 0 bridgehead atoms. The predicted octanol–water partition coefficient (Wildman–Crippen LogP) is 5.68. The smallest absolute Gasteiger partial charge is 0.165 e. The van der Waals surface area contributed by atoms with E-state index >= 15 is 0 Å². The average Bonchev–Trinajstić information content (AvgIpc) is 2.88. The van der Waals surface area contributed by atoms with E-state index in [1.54, 1.807) is 7.11 Å². The third-order valence-corrected chi connectivity index (χ3v) is 5.89. The summed E-state index contributed by atoms with van der Waals surface area (Å²) >= 11 is 0. The number of benzene rings is 3. The fraction of sp³-hybridized carbons (Fsp3) is 0.107. The first-order valence-corrected chi connectivity index (χ1v) is 11.0. The summed E-state index contributed by atoms with van der Waals surface area (Å²) in [4.78, 5) is 15.6. The Kier molecular flexibility index (Phi) is 5.55. The van der Waals surface area contributed by atoms with Gasteiger partial charge >= 0.3 is 0 Å². The van der Waals surface area contributed by atoms with Crippen molar-refractivity contribution in [1.82, 2.24) is 15.0 Å². The molecule has 0 saturated heterocycles. The molecule has 34 heavy (non-hydrogen) atoms. The van der Waals surface area contributed by atoms with Crippen molar-refractivity contribution < 1.29 is 4.74 Å². The summed E-state index contributed by atoms with van der Waals surface area (Å²) < 4.78 is 5.41. The van der Waals surface area contributed by atoms with E-state index < -0.39 is 0 Å². The van der Waals surface area contributed by atoms with Crippen molar-refractivity contribution in [3.63, 3.8) is 0 Å². The van der Waals surface area contributed by atoms with Crippen LogP contribution in [0, 0.1) is 0 Å². The Hall–Kier alpha value is -4.45. The van der Waals surface area contributed by atoms with Gasteiger partial charge in [-0.3, -0.25) is 0 Å². The van der Waals surface area contributed by atoms with E-state index in [1.165, 1.54) is 6.33 Å². The molecule has 2 aromatic heterocycles. The van der Waals surface area contributed by atoms with Gasteiger partial charge in [0.2, 0.25) is 0 Å². The first kappa shape index (κ1) is 21.4. The Morgan fingerprint density at radius 1 is 0.765 bits per heavy atom. The molecule has 0 amide bonds. The minimum atomic E-state index is 0.411. The van der Waals surface area contributed by atoms with E-state index in [0.29, 0.717) is 11.5 Å². The maximum Gasteiger partial charge on any atom is 0.165 e. The molecule has 168 valence electrons. The number of nitrogens with zero attached hydrogens (tertiary/aromatic N) is 4. The van der Waals surface area contributed by atoms with Gasteiger partial charge in [-0.15, -0.1) is 0 Å². The molecule has 6 nitrogen and oxygen atoms in total. The van der Waals surface area contributed by atoms with Crippen LogP contribution in [0.15, 0.2) is 85.2 Å². The SMILES string of the molecule is COc1cccc(-c2cccc(-c3cc(-c4ccc(N(C)C)cc4)nc4ncnc(N)c34)c2)c1. The summed E-state index contributed by atoms with van der Waals surface area (Å²) in [5.74, 6) is 1.23. The lowest BCUT2D eigenvalue weighted by molar-refractivity contribution is 0.415. The Bertz CT molecular complexity index is 1480. The van der Waals surface area contributed by atoms with E-state index in [1.807, 2.05) is 38.4 Å². The number of nitrogens with two attached hydrogens (primary N) is 1. The number of aromatic nitrogens is 3. The van der Waals surface area contributed by atoms with Crippen LogP contribution in [0.4, 0.5) is 11.5 Å². The number of ether oxygens (including phenoxy) is 1. The molecule has 6 heteroatoms. The van der Waals surface area contributed by atoms with Gasteiger partial charge in [0.15, 0.2) is 5.65 Å². The third-order valence-electron chi connectivity index (χ3n) is 5.89. The van der Waals surface area contributed by atoms with Gasteiger partial charge in [-0.05, 0) is 58.7 Å². The third kappa shape index (κ3) is 4.01. The second kappa shape index (κ2) is 8.83. The van der Waals surface area contributed by atoms with Crippen LogP contribution in [0.2, 0.25) is 0 Å². The van der Waals surface area contributed by atoms with E-state index in [-0.39, 0.29) is 0 Å². The molecule has 2 N–H and O–H groups in total. The summed E-state index contributed by atoms with van der Waals surface area (Å²) in [5.41, 5.74) is 14.0. The average molecular weight is 448 g/mol. The monoisotopic (exact) mass is 447 g/mol. The largest absolute Gasteiger partial charge is 0.497 e. The van der Waals surface area contributed by atoms with E-state index in [2.05, 4.69) is 69.5 Å². The summed E-state index contributed by atoms with van der Waals surface area (Å²) in [5, 5.41) is 0.749. The Morgan fingerprint density at radius 3 is 2.21 bits per heavy atom. The van der Waals surface area contributed by atoms with Crippen LogP contribution in [0.1, 0.15) is 0 Å². The van der Waals surface area contributed by atoms with Crippen LogP contribution in [-0.4, -0.2) is 36.2 Å². The number of hydrogen-bond acceptors (Lipinski definition) is 6. The van der Waals surface area contributed by atoms with Gasteiger partial charge in [0.25, 0.3) is 0 Å². The predicted molar refractivity (Wildman–Crippen MR) is 139 cm³/mol. The molecule has 0 fully saturated rings. The zero-order valence-electron chi connectivity index (χ0n) is 19.4. The number of fused-ring (bicyclic) bond motifs is 1. The Labute approximate surface area is 198 Å². The van der Waals surface area contributed by atoms with Crippen molar-refractivity contribution >= 4 is 22.5 Å². The van der Waals surface area contributed by atoms with Crippen LogP contribution < -0.4 is 15.4 Å². The number of anilines is 2. The van der Waals surface area contributed by atoms with Crippen molar-refractivity contribution in [3.05, 3.63) is 85.2 Å². The van der Waals surface area contributed by atoms with E-state index in [4.69, 9.17) is 15.5 Å². The number of methoxy groups -OCH3 is 1. The van der Waals surface area contributed by atoms with Crippen molar-refractivity contribution in [3.8, 4) is 39.3 Å². The number of rotatable bonds is 5. The summed E-state index contributed by atoms with van der Waals surface area (Å²) in [6.07, 6.45) is 1.46. The lowest BCUT2D eigenvalue weighted by Crippen LogP contribution is -2.08. The molecule has 0 radical (unpaired) electrons. The topological polar surface area (TPSA) is 77.2 Å². The minimum Gasteiger partial charge on any atom is -0.497 e. The highest BCUT2D eigenvalue weighted by molar-refractivity contribution is 6.01.